The number of carbonyl (C=O) groups is 1. The molecule has 1 aliphatic rings. The summed E-state index contributed by atoms with van der Waals surface area (Å²) >= 11 is 7.19. The van der Waals surface area contributed by atoms with E-state index in [2.05, 4.69) is 20.2 Å². The number of amides is 1. The highest BCUT2D eigenvalue weighted by Crippen LogP contribution is 2.29. The van der Waals surface area contributed by atoms with Crippen LogP contribution in [-0.2, 0) is 17.5 Å². The van der Waals surface area contributed by atoms with Crippen molar-refractivity contribution in [2.75, 3.05) is 23.7 Å². The fourth-order valence-corrected chi connectivity index (χ4v) is 3.71. The van der Waals surface area contributed by atoms with Gasteiger partial charge in [-0.05, 0) is 30.5 Å². The van der Waals surface area contributed by atoms with Gasteiger partial charge >= 0.3 is 6.18 Å². The molecule has 28 heavy (non-hydrogen) atoms. The summed E-state index contributed by atoms with van der Waals surface area (Å²) in [5.74, 6) is 0.455. The summed E-state index contributed by atoms with van der Waals surface area (Å²) in [6.45, 7) is 1.84. The van der Waals surface area contributed by atoms with E-state index in [1.807, 2.05) is 0 Å². The van der Waals surface area contributed by atoms with Gasteiger partial charge in [-0.15, -0.1) is 0 Å². The molecular formula is C18H18ClF3N4OS. The van der Waals surface area contributed by atoms with Crippen LogP contribution >= 0.6 is 23.4 Å². The molecule has 1 saturated heterocycles. The smallest absolute Gasteiger partial charge is 0.356 e. The molecule has 0 atom stereocenters. The maximum atomic E-state index is 12.7. The van der Waals surface area contributed by atoms with Gasteiger partial charge in [0.2, 0.25) is 5.91 Å². The molecule has 0 spiro atoms. The summed E-state index contributed by atoms with van der Waals surface area (Å²) in [6.07, 6.45) is -2.21. The van der Waals surface area contributed by atoms with Crippen molar-refractivity contribution in [1.82, 2.24) is 15.3 Å². The Morgan fingerprint density at radius 1 is 1.21 bits per heavy atom. The zero-order valence-corrected chi connectivity index (χ0v) is 16.4. The minimum Gasteiger partial charge on any atom is -0.356 e. The van der Waals surface area contributed by atoms with Crippen molar-refractivity contribution in [2.45, 2.75) is 30.7 Å². The lowest BCUT2D eigenvalue weighted by Gasteiger charge is -2.16. The number of benzene rings is 1. The zero-order chi connectivity index (χ0) is 20.1. The van der Waals surface area contributed by atoms with Gasteiger partial charge < -0.3 is 10.2 Å². The third-order valence-corrected chi connectivity index (χ3v) is 5.21. The summed E-state index contributed by atoms with van der Waals surface area (Å²) in [4.78, 5) is 22.7. The number of hydrogen-bond donors (Lipinski definition) is 1. The molecular weight excluding hydrogens is 413 g/mol. The SMILES string of the molecule is O=C(CSc1nc(Cl)cc(N2CCCC2)n1)NCc1cccc(C(F)(F)F)c1. The predicted octanol–water partition coefficient (Wildman–Crippen LogP) is 4.16. The molecule has 0 unspecified atom stereocenters. The van der Waals surface area contributed by atoms with Crippen molar-refractivity contribution in [1.29, 1.82) is 0 Å². The average Bonchev–Trinajstić information content (AvgIpc) is 3.19. The van der Waals surface area contributed by atoms with Gasteiger partial charge in [0.15, 0.2) is 5.16 Å². The molecule has 1 amide bonds. The first-order chi connectivity index (χ1) is 13.3. The lowest BCUT2D eigenvalue weighted by atomic mass is 10.1. The van der Waals surface area contributed by atoms with Crippen molar-refractivity contribution in [3.63, 3.8) is 0 Å². The Kier molecular flexibility index (Phi) is 6.66. The van der Waals surface area contributed by atoms with Crippen LogP contribution in [0.25, 0.3) is 0 Å². The van der Waals surface area contributed by atoms with Crippen LogP contribution in [0, 0.1) is 0 Å². The highest BCUT2D eigenvalue weighted by molar-refractivity contribution is 7.99. The van der Waals surface area contributed by atoms with Gasteiger partial charge in [0.1, 0.15) is 11.0 Å². The molecule has 2 heterocycles. The van der Waals surface area contributed by atoms with E-state index in [1.54, 1.807) is 6.07 Å². The normalized spacial score (nSPS) is 14.4. The summed E-state index contributed by atoms with van der Waals surface area (Å²) in [5, 5.41) is 3.31. The molecule has 0 radical (unpaired) electrons. The third-order valence-electron chi connectivity index (χ3n) is 4.17. The number of nitrogens with one attached hydrogen (secondary N) is 1. The summed E-state index contributed by atoms with van der Waals surface area (Å²) in [5.41, 5.74) is -0.362. The first-order valence-electron chi connectivity index (χ1n) is 8.66. The maximum absolute atomic E-state index is 12.7. The van der Waals surface area contributed by atoms with E-state index in [1.165, 1.54) is 12.1 Å². The summed E-state index contributed by atoms with van der Waals surface area (Å²) < 4.78 is 38.2. The molecule has 10 heteroatoms. The number of halogens is 4. The van der Waals surface area contributed by atoms with Gasteiger partial charge in [-0.3, -0.25) is 4.79 Å². The number of nitrogens with zero attached hydrogens (tertiary/aromatic N) is 3. The van der Waals surface area contributed by atoms with Crippen molar-refractivity contribution in [3.05, 3.63) is 46.6 Å². The molecule has 1 aromatic carbocycles. The molecule has 0 aliphatic carbocycles. The maximum Gasteiger partial charge on any atom is 0.416 e. The van der Waals surface area contributed by atoms with Gasteiger partial charge in [0, 0.05) is 25.7 Å². The van der Waals surface area contributed by atoms with Gasteiger partial charge in [-0.1, -0.05) is 35.5 Å². The quantitative estimate of drug-likeness (QED) is 0.423. The second kappa shape index (κ2) is 9.00. The molecule has 1 fully saturated rings. The van der Waals surface area contributed by atoms with Crippen LogP contribution in [0.3, 0.4) is 0 Å². The highest BCUT2D eigenvalue weighted by Gasteiger charge is 2.30. The van der Waals surface area contributed by atoms with E-state index in [4.69, 9.17) is 11.6 Å². The molecule has 0 saturated carbocycles. The molecule has 1 aromatic heterocycles. The lowest BCUT2D eigenvalue weighted by molar-refractivity contribution is -0.137. The van der Waals surface area contributed by atoms with Crippen LogP contribution in [0.2, 0.25) is 5.15 Å². The van der Waals surface area contributed by atoms with Gasteiger partial charge in [-0.25, -0.2) is 9.97 Å². The molecule has 1 aliphatic heterocycles. The standard InChI is InChI=1S/C18H18ClF3N4OS/c19-14-9-15(26-6-1-2-7-26)25-17(24-14)28-11-16(27)23-10-12-4-3-5-13(8-12)18(20,21)22/h3-5,8-9H,1-2,6-7,10-11H2,(H,23,27). The van der Waals surface area contributed by atoms with Crippen molar-refractivity contribution >= 4 is 35.1 Å². The molecule has 0 bridgehead atoms. The molecule has 5 nitrogen and oxygen atoms in total. The zero-order valence-electron chi connectivity index (χ0n) is 14.8. The van der Waals surface area contributed by atoms with E-state index < -0.39 is 11.7 Å². The Morgan fingerprint density at radius 3 is 2.68 bits per heavy atom. The topological polar surface area (TPSA) is 58.1 Å². The van der Waals surface area contributed by atoms with Gasteiger partial charge in [0.25, 0.3) is 0 Å². The van der Waals surface area contributed by atoms with E-state index in [0.717, 1.165) is 55.6 Å². The highest BCUT2D eigenvalue weighted by atomic mass is 35.5. The van der Waals surface area contributed by atoms with E-state index in [0.29, 0.717) is 15.9 Å². The van der Waals surface area contributed by atoms with Crippen molar-refractivity contribution in [2.24, 2.45) is 0 Å². The Bertz CT molecular complexity index is 844. The van der Waals surface area contributed by atoms with E-state index in [-0.39, 0.29) is 18.2 Å². The van der Waals surface area contributed by atoms with Crippen molar-refractivity contribution in [3.8, 4) is 0 Å². The lowest BCUT2D eigenvalue weighted by Crippen LogP contribution is -2.25. The van der Waals surface area contributed by atoms with Crippen LogP contribution in [0.4, 0.5) is 19.0 Å². The number of carbonyl (C=O) groups excluding carboxylic acids is 1. The number of alkyl halides is 3. The van der Waals surface area contributed by atoms with Gasteiger partial charge in [-0.2, -0.15) is 13.2 Å². The average molecular weight is 431 g/mol. The van der Waals surface area contributed by atoms with Crippen LogP contribution in [-0.4, -0.2) is 34.7 Å². The van der Waals surface area contributed by atoms with E-state index >= 15 is 0 Å². The second-order valence-electron chi connectivity index (χ2n) is 6.29. The Hall–Kier alpha value is -2.00. The fourth-order valence-electron chi connectivity index (χ4n) is 2.80. The largest absolute Gasteiger partial charge is 0.416 e. The second-order valence-corrected chi connectivity index (χ2v) is 7.62. The minimum absolute atomic E-state index is 0.0126. The monoisotopic (exact) mass is 430 g/mol. The number of rotatable bonds is 6. The van der Waals surface area contributed by atoms with Crippen LogP contribution < -0.4 is 10.2 Å². The van der Waals surface area contributed by atoms with E-state index in [9.17, 15) is 18.0 Å². The van der Waals surface area contributed by atoms with Gasteiger partial charge in [0.05, 0.1) is 11.3 Å². The molecule has 150 valence electrons. The Labute approximate surface area is 169 Å². The van der Waals surface area contributed by atoms with Crippen LogP contribution in [0.5, 0.6) is 0 Å². The Morgan fingerprint density at radius 2 is 1.96 bits per heavy atom. The number of aromatic nitrogens is 2. The number of anilines is 1. The summed E-state index contributed by atoms with van der Waals surface area (Å²) in [7, 11) is 0. The fraction of sp³-hybridized carbons (Fsp3) is 0.389. The van der Waals surface area contributed by atoms with Crippen LogP contribution in [0.1, 0.15) is 24.0 Å². The molecule has 3 rings (SSSR count). The molecule has 2 aromatic rings. The van der Waals surface area contributed by atoms with Crippen molar-refractivity contribution < 1.29 is 18.0 Å². The Balaban J connectivity index is 1.53. The predicted molar refractivity (Wildman–Crippen MR) is 103 cm³/mol. The first-order valence-corrected chi connectivity index (χ1v) is 10.0. The first kappa shape index (κ1) is 20.7. The minimum atomic E-state index is -4.41. The van der Waals surface area contributed by atoms with Crippen LogP contribution in [0.15, 0.2) is 35.5 Å². The number of thioether (sulfide) groups is 1. The number of hydrogen-bond acceptors (Lipinski definition) is 5. The third kappa shape index (κ3) is 5.75. The summed E-state index contributed by atoms with van der Waals surface area (Å²) in [6, 6.07) is 6.57. The molecule has 1 N–H and O–H groups in total.